The van der Waals surface area contributed by atoms with Crippen LogP contribution in [0.1, 0.15) is 25.0 Å². The largest absolute Gasteiger partial charge is 2.00 e. The quantitative estimate of drug-likeness (QED) is 0.104. The van der Waals surface area contributed by atoms with Crippen LogP contribution in [0.25, 0.3) is 0 Å². The second kappa shape index (κ2) is 21.9. The van der Waals surface area contributed by atoms with Crippen LogP contribution in [0.15, 0.2) is 87.0 Å². The van der Waals surface area contributed by atoms with Gasteiger partial charge in [-0.15, -0.1) is 0 Å². The molecule has 4 aromatic heterocycles. The summed E-state index contributed by atoms with van der Waals surface area (Å²) in [7, 11) is 0. The van der Waals surface area contributed by atoms with E-state index in [9.17, 15) is 27.8 Å². The van der Waals surface area contributed by atoms with E-state index in [1.54, 1.807) is 0 Å². The van der Waals surface area contributed by atoms with Gasteiger partial charge < -0.3 is 30.0 Å². The summed E-state index contributed by atoms with van der Waals surface area (Å²) in [4.78, 5) is 32.8. The van der Waals surface area contributed by atoms with Gasteiger partial charge in [0.1, 0.15) is 73.9 Å². The molecule has 0 bridgehead atoms. The molecule has 2 aromatic carbocycles. The van der Waals surface area contributed by atoms with Gasteiger partial charge in [-0.05, 0) is 48.3 Å². The van der Waals surface area contributed by atoms with E-state index in [0.717, 1.165) is 38.1 Å². The Kier molecular flexibility index (Phi) is 18.9. The molecule has 0 radical (unpaired) electrons. The number of rotatable bonds is 10. The molecular formula is C30H28F4N12Ni2O6. The Balaban J connectivity index is 0.000000437. The van der Waals surface area contributed by atoms with Gasteiger partial charge in [0, 0.05) is 50.3 Å². The number of nitrogens with zero attached hydrogens (tertiary/aromatic N) is 12. The molecule has 292 valence electrons. The van der Waals surface area contributed by atoms with Crippen LogP contribution >= 0.6 is 0 Å². The Labute approximate surface area is 323 Å². The predicted molar refractivity (Wildman–Crippen MR) is 158 cm³/mol. The number of carboxylic acid groups (broad SMARTS) is 2. The van der Waals surface area contributed by atoms with Crippen LogP contribution in [0.4, 0.5) is 17.6 Å². The minimum atomic E-state index is -1.95. The third kappa shape index (κ3) is 14.9. The first-order valence-corrected chi connectivity index (χ1v) is 14.6. The van der Waals surface area contributed by atoms with Crippen LogP contribution in [-0.2, 0) is 80.0 Å². The molecule has 0 saturated heterocycles. The minimum absolute atomic E-state index is 0. The maximum absolute atomic E-state index is 14.1. The summed E-state index contributed by atoms with van der Waals surface area (Å²) in [5.41, 5.74) is -4.22. The third-order valence-corrected chi connectivity index (χ3v) is 6.38. The fourth-order valence-electron chi connectivity index (χ4n) is 4.46. The molecular weight excluding hydrogens is 818 g/mol. The molecule has 54 heavy (non-hydrogen) atoms. The number of aliphatic carboxylic acids is 2. The SMILES string of the molecule is CC(=O)[O-].CC(=O)[O-].[Ni+2].[Ni+2].[O-]C(Cn1cncn1)(Cn1cncn1)c1ccc(F)cc1F.[O-]C(Cn1cncn1)(Cn1cncn1)c1ccc(F)cc1F. The van der Waals surface area contributed by atoms with Crippen LogP contribution in [0.5, 0.6) is 0 Å². The fraction of sp³-hybridized carbons (Fsp3) is 0.267. The first-order chi connectivity index (χ1) is 24.6. The van der Waals surface area contributed by atoms with Crippen molar-refractivity contribution in [3.63, 3.8) is 0 Å². The average molecular weight is 846 g/mol. The van der Waals surface area contributed by atoms with Gasteiger partial charge in [0.2, 0.25) is 0 Å². The maximum Gasteiger partial charge on any atom is 2.00 e. The summed E-state index contributed by atoms with van der Waals surface area (Å²) < 4.78 is 59.5. The number of carboxylic acids is 2. The van der Waals surface area contributed by atoms with Gasteiger partial charge in [-0.25, -0.2) is 37.5 Å². The number of carbonyl (C=O) groups excluding carboxylic acids is 2. The first kappa shape index (κ1) is 46.6. The molecule has 6 aromatic rings. The summed E-state index contributed by atoms with van der Waals surface area (Å²) in [6.07, 6.45) is 10.5. The van der Waals surface area contributed by atoms with E-state index in [1.807, 2.05) is 0 Å². The van der Waals surface area contributed by atoms with E-state index in [1.165, 1.54) is 69.3 Å². The summed E-state index contributed by atoms with van der Waals surface area (Å²) in [5.74, 6) is -5.47. The number of hydrogen-bond donors (Lipinski definition) is 0. The van der Waals surface area contributed by atoms with E-state index in [4.69, 9.17) is 19.8 Å². The van der Waals surface area contributed by atoms with Gasteiger partial charge in [0.05, 0.1) is 0 Å². The van der Waals surface area contributed by atoms with Gasteiger partial charge in [0.15, 0.2) is 0 Å². The second-order valence-corrected chi connectivity index (χ2v) is 10.6. The zero-order valence-electron chi connectivity index (χ0n) is 27.9. The van der Waals surface area contributed by atoms with E-state index in [2.05, 4.69) is 40.3 Å². The van der Waals surface area contributed by atoms with Gasteiger partial charge >= 0.3 is 33.0 Å². The van der Waals surface area contributed by atoms with Crippen molar-refractivity contribution in [2.24, 2.45) is 0 Å². The molecule has 0 saturated carbocycles. The third-order valence-electron chi connectivity index (χ3n) is 6.38. The molecule has 4 heterocycles. The number of carbonyl (C=O) groups is 2. The molecule has 0 aliphatic rings. The molecule has 24 heteroatoms. The van der Waals surface area contributed by atoms with Crippen molar-refractivity contribution in [2.75, 3.05) is 0 Å². The Bertz CT molecular complexity index is 1750. The topological polar surface area (TPSA) is 249 Å². The summed E-state index contributed by atoms with van der Waals surface area (Å²) in [5, 5.41) is 59.7. The van der Waals surface area contributed by atoms with Crippen LogP contribution in [0.3, 0.4) is 0 Å². The smallest absolute Gasteiger partial charge is 0.843 e. The van der Waals surface area contributed by atoms with Gasteiger partial charge in [-0.3, -0.25) is 18.7 Å². The van der Waals surface area contributed by atoms with Crippen molar-refractivity contribution in [3.05, 3.63) is 121 Å². The van der Waals surface area contributed by atoms with E-state index < -0.39 is 46.4 Å². The molecule has 0 atom stereocenters. The Hall–Kier alpha value is -5.43. The zero-order chi connectivity index (χ0) is 38.3. The van der Waals surface area contributed by atoms with Crippen molar-refractivity contribution >= 4 is 11.9 Å². The normalized spacial score (nSPS) is 10.5. The molecule has 0 aliphatic heterocycles. The molecule has 0 amide bonds. The molecule has 0 N–H and O–H groups in total. The number of hydrogen-bond acceptors (Lipinski definition) is 14. The zero-order valence-corrected chi connectivity index (χ0v) is 29.8. The van der Waals surface area contributed by atoms with Gasteiger partial charge in [0.25, 0.3) is 0 Å². The number of halogens is 4. The Morgan fingerprint density at radius 3 is 0.981 bits per heavy atom. The van der Waals surface area contributed by atoms with Crippen LogP contribution < -0.4 is 20.4 Å². The van der Waals surface area contributed by atoms with Crippen molar-refractivity contribution in [1.29, 1.82) is 0 Å². The van der Waals surface area contributed by atoms with Crippen molar-refractivity contribution in [2.45, 2.75) is 51.2 Å². The maximum atomic E-state index is 14.1. The van der Waals surface area contributed by atoms with Gasteiger partial charge in [-0.2, -0.15) is 20.4 Å². The number of aromatic nitrogens is 12. The average Bonchev–Trinajstić information content (AvgIpc) is 3.87. The van der Waals surface area contributed by atoms with Gasteiger partial charge in [-0.1, -0.05) is 12.1 Å². The molecule has 0 unspecified atom stereocenters. The Morgan fingerprint density at radius 1 is 0.556 bits per heavy atom. The second-order valence-electron chi connectivity index (χ2n) is 10.6. The summed E-state index contributed by atoms with van der Waals surface area (Å²) in [6.45, 7) is 1.20. The predicted octanol–water partition coefficient (Wildman–Crippen LogP) is -2.28. The molecule has 0 aliphatic carbocycles. The Morgan fingerprint density at radius 2 is 0.796 bits per heavy atom. The van der Waals surface area contributed by atoms with Crippen molar-refractivity contribution in [3.8, 4) is 0 Å². The molecule has 6 rings (SSSR count). The summed E-state index contributed by atoms with van der Waals surface area (Å²) >= 11 is 0. The van der Waals surface area contributed by atoms with Crippen LogP contribution in [-0.4, -0.2) is 71.0 Å². The van der Waals surface area contributed by atoms with Crippen LogP contribution in [0.2, 0.25) is 0 Å². The van der Waals surface area contributed by atoms with Crippen molar-refractivity contribution in [1.82, 2.24) is 59.1 Å². The minimum Gasteiger partial charge on any atom is -0.843 e. The fourth-order valence-corrected chi connectivity index (χ4v) is 4.46. The monoisotopic (exact) mass is 844 g/mol. The first-order valence-electron chi connectivity index (χ1n) is 14.6. The molecule has 0 spiro atoms. The van der Waals surface area contributed by atoms with E-state index in [-0.39, 0.29) is 70.3 Å². The molecule has 0 fully saturated rings. The summed E-state index contributed by atoms with van der Waals surface area (Å²) in [6, 6.07) is 5.76. The van der Waals surface area contributed by atoms with E-state index in [0.29, 0.717) is 12.1 Å². The van der Waals surface area contributed by atoms with Crippen LogP contribution in [0, 0.1) is 23.3 Å². The molecule has 18 nitrogen and oxygen atoms in total. The van der Waals surface area contributed by atoms with E-state index >= 15 is 0 Å². The standard InChI is InChI=1S/2C13H11F2N6O.2C2H4O2.2Ni/c2*14-10-1-2-11(12(15)3-10)13(22,4-20-8-16-6-18-20)5-21-9-17-7-19-21;2*1-2(3)4;;/h2*1-3,6-9H,4-5H2;2*1H3,(H,3,4);;/q2*-1;;;2*+2/p-2. The number of benzene rings is 2. The van der Waals surface area contributed by atoms with Crippen molar-refractivity contribution < 1.29 is 80.6 Å².